The summed E-state index contributed by atoms with van der Waals surface area (Å²) in [6, 6.07) is 5.50. The molecule has 2 aromatic rings. The van der Waals surface area contributed by atoms with E-state index in [0.29, 0.717) is 16.5 Å². The van der Waals surface area contributed by atoms with Crippen molar-refractivity contribution in [2.75, 3.05) is 5.73 Å². The van der Waals surface area contributed by atoms with Gasteiger partial charge in [-0.05, 0) is 34.9 Å². The van der Waals surface area contributed by atoms with Crippen molar-refractivity contribution in [3.05, 3.63) is 23.2 Å². The highest BCUT2D eigenvalue weighted by atomic mass is 35.5. The van der Waals surface area contributed by atoms with Crippen LogP contribution in [0.4, 0.5) is 5.69 Å². The number of nitrogens with zero attached hydrogens (tertiary/aromatic N) is 4. The molecule has 0 unspecified atom stereocenters. The van der Waals surface area contributed by atoms with Crippen molar-refractivity contribution < 1.29 is 0 Å². The fourth-order valence-electron chi connectivity index (χ4n) is 2.09. The molecular weight excluding hydrogens is 274 g/mol. The van der Waals surface area contributed by atoms with Gasteiger partial charge in [-0.1, -0.05) is 44.4 Å². The van der Waals surface area contributed by atoms with Gasteiger partial charge in [-0.25, -0.2) is 4.68 Å². The Hall–Kier alpha value is -1.62. The number of hydrogen-bond donors (Lipinski definition) is 1. The SMILES string of the molecule is CC(C)CCCCn1nnnc1-c1cccc(Cl)c1N. The number of anilines is 1. The van der Waals surface area contributed by atoms with E-state index in [9.17, 15) is 0 Å². The van der Waals surface area contributed by atoms with Crippen LogP contribution in [0.3, 0.4) is 0 Å². The smallest absolute Gasteiger partial charge is 0.184 e. The van der Waals surface area contributed by atoms with Gasteiger partial charge < -0.3 is 5.73 Å². The van der Waals surface area contributed by atoms with Crippen molar-refractivity contribution in [2.24, 2.45) is 5.92 Å². The van der Waals surface area contributed by atoms with Crippen LogP contribution in [0.2, 0.25) is 5.02 Å². The maximum absolute atomic E-state index is 6.04. The number of nitrogens with two attached hydrogens (primary N) is 1. The molecule has 2 rings (SSSR count). The molecule has 0 saturated heterocycles. The number of nitrogen functional groups attached to an aromatic ring is 1. The Morgan fingerprint density at radius 1 is 1.30 bits per heavy atom. The van der Waals surface area contributed by atoms with Crippen molar-refractivity contribution in [1.29, 1.82) is 0 Å². The number of tetrazole rings is 1. The summed E-state index contributed by atoms with van der Waals surface area (Å²) >= 11 is 6.04. The van der Waals surface area contributed by atoms with E-state index in [1.807, 2.05) is 12.1 Å². The number of aryl methyl sites for hydroxylation is 1. The van der Waals surface area contributed by atoms with Crippen LogP contribution in [0.25, 0.3) is 11.4 Å². The van der Waals surface area contributed by atoms with Crippen LogP contribution in [0.1, 0.15) is 33.1 Å². The first-order valence-corrected chi connectivity index (χ1v) is 7.28. The lowest BCUT2D eigenvalue weighted by molar-refractivity contribution is 0.487. The van der Waals surface area contributed by atoms with Crippen LogP contribution in [0.5, 0.6) is 0 Å². The Balaban J connectivity index is 2.10. The molecule has 0 amide bonds. The molecule has 1 aromatic carbocycles. The molecule has 20 heavy (non-hydrogen) atoms. The van der Waals surface area contributed by atoms with Crippen LogP contribution >= 0.6 is 11.6 Å². The average molecular weight is 294 g/mol. The van der Waals surface area contributed by atoms with Gasteiger partial charge in [-0.15, -0.1) is 5.10 Å². The van der Waals surface area contributed by atoms with E-state index in [4.69, 9.17) is 17.3 Å². The second kappa shape index (κ2) is 6.70. The molecule has 0 atom stereocenters. The van der Waals surface area contributed by atoms with Gasteiger partial charge >= 0.3 is 0 Å². The van der Waals surface area contributed by atoms with E-state index in [0.717, 1.165) is 24.4 Å². The molecule has 0 saturated carbocycles. The molecule has 1 heterocycles. The van der Waals surface area contributed by atoms with Gasteiger partial charge in [0, 0.05) is 12.1 Å². The topological polar surface area (TPSA) is 69.6 Å². The van der Waals surface area contributed by atoms with E-state index in [1.54, 1.807) is 10.7 Å². The first-order valence-electron chi connectivity index (χ1n) is 6.90. The third kappa shape index (κ3) is 3.48. The zero-order valence-electron chi connectivity index (χ0n) is 11.9. The summed E-state index contributed by atoms with van der Waals surface area (Å²) in [6.45, 7) is 5.26. The summed E-state index contributed by atoms with van der Waals surface area (Å²) in [4.78, 5) is 0. The summed E-state index contributed by atoms with van der Waals surface area (Å²) in [6.07, 6.45) is 3.44. The molecule has 0 spiro atoms. The number of rotatable bonds is 6. The normalized spacial score (nSPS) is 11.2. The molecule has 5 nitrogen and oxygen atoms in total. The van der Waals surface area contributed by atoms with Crippen LogP contribution in [-0.2, 0) is 6.54 Å². The fourth-order valence-corrected chi connectivity index (χ4v) is 2.27. The Bertz CT molecular complexity index is 564. The maximum atomic E-state index is 6.04. The van der Waals surface area contributed by atoms with Gasteiger partial charge in [0.2, 0.25) is 0 Å². The van der Waals surface area contributed by atoms with E-state index in [-0.39, 0.29) is 0 Å². The van der Waals surface area contributed by atoms with Crippen molar-refractivity contribution >= 4 is 17.3 Å². The van der Waals surface area contributed by atoms with Gasteiger partial charge in [0.1, 0.15) is 0 Å². The van der Waals surface area contributed by atoms with E-state index < -0.39 is 0 Å². The maximum Gasteiger partial charge on any atom is 0.184 e. The summed E-state index contributed by atoms with van der Waals surface area (Å²) in [5, 5.41) is 12.4. The van der Waals surface area contributed by atoms with Crippen LogP contribution in [0, 0.1) is 5.92 Å². The summed E-state index contributed by atoms with van der Waals surface area (Å²) in [5.74, 6) is 1.40. The van der Waals surface area contributed by atoms with Crippen molar-refractivity contribution in [3.8, 4) is 11.4 Å². The summed E-state index contributed by atoms with van der Waals surface area (Å²) in [7, 11) is 0. The molecule has 0 aliphatic carbocycles. The number of para-hydroxylation sites is 1. The lowest BCUT2D eigenvalue weighted by Crippen LogP contribution is -2.05. The fraction of sp³-hybridized carbons (Fsp3) is 0.500. The number of hydrogen-bond acceptors (Lipinski definition) is 4. The lowest BCUT2D eigenvalue weighted by atomic mass is 10.1. The molecule has 0 aliphatic heterocycles. The second-order valence-electron chi connectivity index (χ2n) is 5.32. The largest absolute Gasteiger partial charge is 0.397 e. The van der Waals surface area contributed by atoms with Crippen molar-refractivity contribution in [1.82, 2.24) is 20.2 Å². The van der Waals surface area contributed by atoms with Crippen molar-refractivity contribution in [3.63, 3.8) is 0 Å². The van der Waals surface area contributed by atoms with Gasteiger partial charge in [0.05, 0.1) is 10.7 Å². The molecule has 2 N–H and O–H groups in total. The second-order valence-corrected chi connectivity index (χ2v) is 5.72. The molecule has 1 aromatic heterocycles. The van der Waals surface area contributed by atoms with Crippen LogP contribution in [-0.4, -0.2) is 20.2 Å². The number of unbranched alkanes of at least 4 members (excludes halogenated alkanes) is 1. The number of halogens is 1. The molecule has 0 bridgehead atoms. The number of aromatic nitrogens is 4. The van der Waals surface area contributed by atoms with Crippen LogP contribution in [0.15, 0.2) is 18.2 Å². The highest BCUT2D eigenvalue weighted by molar-refractivity contribution is 6.33. The zero-order chi connectivity index (χ0) is 14.5. The van der Waals surface area contributed by atoms with Crippen LogP contribution < -0.4 is 5.73 Å². The minimum atomic E-state index is 0.521. The highest BCUT2D eigenvalue weighted by Gasteiger charge is 2.13. The Labute approximate surface area is 124 Å². The van der Waals surface area contributed by atoms with E-state index in [2.05, 4.69) is 29.4 Å². The third-order valence-electron chi connectivity index (χ3n) is 3.23. The first-order chi connectivity index (χ1) is 9.59. The summed E-state index contributed by atoms with van der Waals surface area (Å²) in [5.41, 5.74) is 7.30. The average Bonchev–Trinajstić information content (AvgIpc) is 2.86. The third-order valence-corrected chi connectivity index (χ3v) is 3.56. The molecule has 0 radical (unpaired) electrons. The van der Waals surface area contributed by atoms with Gasteiger partial charge in [0.25, 0.3) is 0 Å². The van der Waals surface area contributed by atoms with Crippen molar-refractivity contribution in [2.45, 2.75) is 39.7 Å². The Kier molecular flexibility index (Phi) is 4.95. The monoisotopic (exact) mass is 293 g/mol. The first kappa shape index (κ1) is 14.8. The predicted molar refractivity (Wildman–Crippen MR) is 81.4 cm³/mol. The molecule has 0 aliphatic rings. The molecular formula is C14H20ClN5. The minimum Gasteiger partial charge on any atom is -0.397 e. The van der Waals surface area contributed by atoms with Gasteiger partial charge in [-0.3, -0.25) is 0 Å². The summed E-state index contributed by atoms with van der Waals surface area (Å²) < 4.78 is 1.79. The highest BCUT2D eigenvalue weighted by Crippen LogP contribution is 2.29. The molecule has 108 valence electrons. The van der Waals surface area contributed by atoms with E-state index >= 15 is 0 Å². The molecule has 6 heteroatoms. The van der Waals surface area contributed by atoms with Gasteiger partial charge in [0.15, 0.2) is 5.82 Å². The quantitative estimate of drug-likeness (QED) is 0.654. The van der Waals surface area contributed by atoms with Gasteiger partial charge in [-0.2, -0.15) is 0 Å². The standard InChI is InChI=1S/C14H20ClN5/c1-10(2)6-3-4-9-20-14(17-18-19-20)11-7-5-8-12(15)13(11)16/h5,7-8,10H,3-4,6,9,16H2,1-2H3. The van der Waals surface area contributed by atoms with E-state index in [1.165, 1.54) is 12.8 Å². The molecule has 0 fully saturated rings. The predicted octanol–water partition coefficient (Wildman–Crippen LogP) is 3.40. The lowest BCUT2D eigenvalue weighted by Gasteiger charge is -2.08. The Morgan fingerprint density at radius 2 is 2.10 bits per heavy atom. The minimum absolute atomic E-state index is 0.521. The number of benzene rings is 1. The zero-order valence-corrected chi connectivity index (χ0v) is 12.6. The Morgan fingerprint density at radius 3 is 2.85 bits per heavy atom.